The van der Waals surface area contributed by atoms with E-state index in [0.717, 1.165) is 0 Å². The molecular formula is C8H4Cl2N2O. The lowest BCUT2D eigenvalue weighted by molar-refractivity contribution is 0.456. The minimum atomic E-state index is -0.0986. The second-order valence-electron chi connectivity index (χ2n) is 2.46. The Morgan fingerprint density at radius 3 is 2.77 bits per heavy atom. The maximum absolute atomic E-state index is 9.10. The smallest absolute Gasteiger partial charge is 0.211 e. The van der Waals surface area contributed by atoms with Gasteiger partial charge in [0, 0.05) is 12.3 Å². The highest BCUT2D eigenvalue weighted by atomic mass is 35.5. The van der Waals surface area contributed by atoms with Gasteiger partial charge in [0.15, 0.2) is 0 Å². The number of hydrogen-bond donors (Lipinski definition) is 1. The van der Waals surface area contributed by atoms with Gasteiger partial charge in [0.2, 0.25) is 5.88 Å². The Morgan fingerprint density at radius 1 is 1.23 bits per heavy atom. The lowest BCUT2D eigenvalue weighted by atomic mass is 10.3. The van der Waals surface area contributed by atoms with Crippen molar-refractivity contribution < 1.29 is 5.11 Å². The van der Waals surface area contributed by atoms with E-state index in [2.05, 4.69) is 9.97 Å². The molecule has 2 aromatic rings. The molecular weight excluding hydrogens is 211 g/mol. The largest absolute Gasteiger partial charge is 0.493 e. The molecule has 0 saturated carbocycles. The van der Waals surface area contributed by atoms with Crippen LogP contribution in [-0.4, -0.2) is 15.1 Å². The zero-order valence-corrected chi connectivity index (χ0v) is 7.84. The molecule has 0 fully saturated rings. The molecule has 13 heavy (non-hydrogen) atoms. The summed E-state index contributed by atoms with van der Waals surface area (Å²) in [6.07, 6.45) is 1.45. The van der Waals surface area contributed by atoms with Gasteiger partial charge in [-0.15, -0.1) is 0 Å². The number of nitrogens with zero attached hydrogens (tertiary/aromatic N) is 2. The molecule has 66 valence electrons. The Bertz CT molecular complexity index is 468. The van der Waals surface area contributed by atoms with Gasteiger partial charge >= 0.3 is 0 Å². The number of pyridine rings is 2. The molecule has 2 rings (SSSR count). The minimum absolute atomic E-state index is 0.0986. The van der Waals surface area contributed by atoms with Crippen molar-refractivity contribution >= 4 is 34.2 Å². The fourth-order valence-electron chi connectivity index (χ4n) is 1.00. The van der Waals surface area contributed by atoms with Crippen LogP contribution in [-0.2, 0) is 0 Å². The van der Waals surface area contributed by atoms with Crippen LogP contribution in [0.4, 0.5) is 0 Å². The van der Waals surface area contributed by atoms with Crippen molar-refractivity contribution in [2.24, 2.45) is 0 Å². The van der Waals surface area contributed by atoms with E-state index in [4.69, 9.17) is 28.3 Å². The summed E-state index contributed by atoms with van der Waals surface area (Å²) in [5.41, 5.74) is 1.02. The van der Waals surface area contributed by atoms with Gasteiger partial charge in [0.05, 0.1) is 15.6 Å². The van der Waals surface area contributed by atoms with Gasteiger partial charge in [0.25, 0.3) is 0 Å². The lowest BCUT2D eigenvalue weighted by Gasteiger charge is -2.00. The van der Waals surface area contributed by atoms with Gasteiger partial charge in [-0.05, 0) is 6.07 Å². The SMILES string of the molecule is Oc1ccc2ncc(Cl)c(Cl)c2n1. The van der Waals surface area contributed by atoms with Crippen molar-refractivity contribution in [3.63, 3.8) is 0 Å². The highest BCUT2D eigenvalue weighted by Gasteiger charge is 2.06. The van der Waals surface area contributed by atoms with E-state index in [0.29, 0.717) is 21.1 Å². The first-order valence-electron chi connectivity index (χ1n) is 3.48. The lowest BCUT2D eigenvalue weighted by Crippen LogP contribution is -1.84. The van der Waals surface area contributed by atoms with Crippen molar-refractivity contribution in [3.8, 4) is 5.88 Å². The number of aromatic hydroxyl groups is 1. The average Bonchev–Trinajstić information content (AvgIpc) is 2.12. The molecule has 0 saturated heterocycles. The van der Waals surface area contributed by atoms with Crippen LogP contribution in [0.15, 0.2) is 18.3 Å². The number of halogens is 2. The van der Waals surface area contributed by atoms with Crippen LogP contribution in [0.3, 0.4) is 0 Å². The summed E-state index contributed by atoms with van der Waals surface area (Å²) in [6.45, 7) is 0. The number of hydrogen-bond acceptors (Lipinski definition) is 3. The van der Waals surface area contributed by atoms with Crippen molar-refractivity contribution in [3.05, 3.63) is 28.4 Å². The van der Waals surface area contributed by atoms with Crippen molar-refractivity contribution in [1.82, 2.24) is 9.97 Å². The number of fused-ring (bicyclic) bond motifs is 1. The van der Waals surface area contributed by atoms with E-state index in [1.54, 1.807) is 6.07 Å². The third-order valence-corrected chi connectivity index (χ3v) is 2.36. The fraction of sp³-hybridized carbons (Fsp3) is 0. The molecule has 0 unspecified atom stereocenters. The summed E-state index contributed by atoms with van der Waals surface area (Å²) >= 11 is 11.6. The summed E-state index contributed by atoms with van der Waals surface area (Å²) in [4.78, 5) is 7.81. The fourth-order valence-corrected chi connectivity index (χ4v) is 1.33. The Balaban J connectivity index is 2.89. The van der Waals surface area contributed by atoms with Crippen LogP contribution in [0.5, 0.6) is 5.88 Å². The van der Waals surface area contributed by atoms with Crippen molar-refractivity contribution in [1.29, 1.82) is 0 Å². The normalized spacial score (nSPS) is 10.6. The third-order valence-electron chi connectivity index (χ3n) is 1.59. The van der Waals surface area contributed by atoms with E-state index in [9.17, 15) is 0 Å². The topological polar surface area (TPSA) is 46.0 Å². The second kappa shape index (κ2) is 3.01. The molecule has 0 amide bonds. The summed E-state index contributed by atoms with van der Waals surface area (Å²) in [6, 6.07) is 3.07. The zero-order chi connectivity index (χ0) is 9.42. The first kappa shape index (κ1) is 8.53. The van der Waals surface area contributed by atoms with E-state index >= 15 is 0 Å². The van der Waals surface area contributed by atoms with Gasteiger partial charge in [-0.2, -0.15) is 0 Å². The molecule has 2 aromatic heterocycles. The predicted octanol–water partition coefficient (Wildman–Crippen LogP) is 2.64. The van der Waals surface area contributed by atoms with Gasteiger partial charge in [-0.1, -0.05) is 23.2 Å². The molecule has 5 heteroatoms. The Hall–Kier alpha value is -1.06. The zero-order valence-electron chi connectivity index (χ0n) is 6.33. The molecule has 0 aliphatic heterocycles. The van der Waals surface area contributed by atoms with E-state index in [1.165, 1.54) is 12.3 Å². The average molecular weight is 215 g/mol. The summed E-state index contributed by atoms with van der Waals surface area (Å²) < 4.78 is 0. The van der Waals surface area contributed by atoms with Crippen LogP contribution in [0.2, 0.25) is 10.0 Å². The number of aromatic nitrogens is 2. The third kappa shape index (κ3) is 1.41. The van der Waals surface area contributed by atoms with Crippen LogP contribution >= 0.6 is 23.2 Å². The molecule has 3 nitrogen and oxygen atoms in total. The quantitative estimate of drug-likeness (QED) is 0.734. The first-order chi connectivity index (χ1) is 6.18. The Kier molecular flexibility index (Phi) is 1.98. The molecule has 0 bridgehead atoms. The molecule has 0 aliphatic rings. The Labute approximate surface area is 84.0 Å². The van der Waals surface area contributed by atoms with Gasteiger partial charge < -0.3 is 5.11 Å². The molecule has 0 radical (unpaired) electrons. The molecule has 0 aromatic carbocycles. The van der Waals surface area contributed by atoms with Crippen LogP contribution in [0, 0.1) is 0 Å². The van der Waals surface area contributed by atoms with E-state index < -0.39 is 0 Å². The van der Waals surface area contributed by atoms with E-state index in [1.807, 2.05) is 0 Å². The van der Waals surface area contributed by atoms with E-state index in [-0.39, 0.29) is 5.88 Å². The van der Waals surface area contributed by atoms with Gasteiger partial charge in [-0.3, -0.25) is 4.98 Å². The first-order valence-corrected chi connectivity index (χ1v) is 4.24. The highest BCUT2D eigenvalue weighted by Crippen LogP contribution is 2.28. The molecule has 1 N–H and O–H groups in total. The van der Waals surface area contributed by atoms with Gasteiger partial charge in [-0.25, -0.2) is 4.98 Å². The molecule has 0 aliphatic carbocycles. The standard InChI is InChI=1S/C8H4Cl2N2O/c9-4-3-11-5-1-2-6(13)12-8(5)7(4)10/h1-3H,(H,12,13). The van der Waals surface area contributed by atoms with Crippen LogP contribution in [0.25, 0.3) is 11.0 Å². The maximum Gasteiger partial charge on any atom is 0.211 e. The summed E-state index contributed by atoms with van der Waals surface area (Å²) in [7, 11) is 0. The molecule has 0 atom stereocenters. The monoisotopic (exact) mass is 214 g/mol. The van der Waals surface area contributed by atoms with Crippen molar-refractivity contribution in [2.45, 2.75) is 0 Å². The molecule has 2 heterocycles. The van der Waals surface area contributed by atoms with Crippen LogP contribution in [0.1, 0.15) is 0 Å². The summed E-state index contributed by atoms with van der Waals surface area (Å²) in [5.74, 6) is -0.0986. The number of rotatable bonds is 0. The van der Waals surface area contributed by atoms with Gasteiger partial charge in [0.1, 0.15) is 5.52 Å². The second-order valence-corrected chi connectivity index (χ2v) is 3.24. The predicted molar refractivity (Wildman–Crippen MR) is 51.2 cm³/mol. The minimum Gasteiger partial charge on any atom is -0.493 e. The highest BCUT2D eigenvalue weighted by molar-refractivity contribution is 6.44. The Morgan fingerprint density at radius 2 is 2.00 bits per heavy atom. The van der Waals surface area contributed by atoms with Crippen molar-refractivity contribution in [2.75, 3.05) is 0 Å². The summed E-state index contributed by atoms with van der Waals surface area (Å²) in [5, 5.41) is 9.74. The maximum atomic E-state index is 9.10. The molecule has 0 spiro atoms. The van der Waals surface area contributed by atoms with Crippen LogP contribution < -0.4 is 0 Å².